The van der Waals surface area contributed by atoms with Crippen molar-refractivity contribution in [3.63, 3.8) is 0 Å². The minimum atomic E-state index is -3.56. The highest BCUT2D eigenvalue weighted by Gasteiger charge is 2.21. The third-order valence-electron chi connectivity index (χ3n) is 2.57. The molecule has 1 aromatic carbocycles. The topological polar surface area (TPSA) is 86.9 Å². The van der Waals surface area contributed by atoms with Crippen molar-refractivity contribution in [2.45, 2.75) is 4.90 Å². The molecule has 0 spiro atoms. The third-order valence-corrected chi connectivity index (χ3v) is 4.42. The molecule has 0 radical (unpaired) electrons. The number of nitrogens with two attached hydrogens (primary N) is 1. The van der Waals surface area contributed by atoms with E-state index in [1.165, 1.54) is 29.6 Å². The number of benzene rings is 1. The molecule has 1 aromatic rings. The standard InChI is InChI=1S/C11H19N3O3S/c1-13(2)6-7-14(3)18(16,17)9-4-5-11(15)10(12)8-9/h4-5,8,15H,6-7,12H2,1-3H3. The van der Waals surface area contributed by atoms with Gasteiger partial charge in [0.05, 0.1) is 10.6 Å². The summed E-state index contributed by atoms with van der Waals surface area (Å²) in [5.41, 5.74) is 5.55. The van der Waals surface area contributed by atoms with Crippen LogP contribution < -0.4 is 5.73 Å². The van der Waals surface area contributed by atoms with Crippen LogP contribution in [-0.2, 0) is 10.0 Å². The maximum atomic E-state index is 12.2. The molecule has 0 aliphatic carbocycles. The van der Waals surface area contributed by atoms with Gasteiger partial charge >= 0.3 is 0 Å². The zero-order valence-electron chi connectivity index (χ0n) is 10.8. The van der Waals surface area contributed by atoms with Gasteiger partial charge in [-0.2, -0.15) is 4.31 Å². The highest BCUT2D eigenvalue weighted by Crippen LogP contribution is 2.24. The first-order chi connectivity index (χ1) is 8.25. The summed E-state index contributed by atoms with van der Waals surface area (Å²) in [6.45, 7) is 1.01. The van der Waals surface area contributed by atoms with Crippen LogP contribution in [0.15, 0.2) is 23.1 Å². The van der Waals surface area contributed by atoms with Gasteiger partial charge in [-0.25, -0.2) is 8.42 Å². The van der Waals surface area contributed by atoms with Gasteiger partial charge in [-0.05, 0) is 32.3 Å². The van der Waals surface area contributed by atoms with Crippen LogP contribution in [0.3, 0.4) is 0 Å². The maximum Gasteiger partial charge on any atom is 0.242 e. The zero-order valence-corrected chi connectivity index (χ0v) is 11.6. The van der Waals surface area contributed by atoms with E-state index >= 15 is 0 Å². The van der Waals surface area contributed by atoms with Crippen LogP contribution in [0, 0.1) is 0 Å². The SMILES string of the molecule is CN(C)CCN(C)S(=O)(=O)c1ccc(O)c(N)c1. The number of likely N-dealkylation sites (N-methyl/N-ethyl adjacent to an activating group) is 2. The lowest BCUT2D eigenvalue weighted by Crippen LogP contribution is -2.33. The second kappa shape index (κ2) is 5.55. The predicted molar refractivity (Wildman–Crippen MR) is 70.9 cm³/mol. The number of aromatic hydroxyl groups is 1. The van der Waals surface area contributed by atoms with Crippen LogP contribution in [0.4, 0.5) is 5.69 Å². The Kier molecular flexibility index (Phi) is 4.55. The van der Waals surface area contributed by atoms with Gasteiger partial charge in [0.1, 0.15) is 5.75 Å². The molecule has 102 valence electrons. The van der Waals surface area contributed by atoms with E-state index in [0.717, 1.165) is 0 Å². The summed E-state index contributed by atoms with van der Waals surface area (Å²) >= 11 is 0. The minimum Gasteiger partial charge on any atom is -0.506 e. The van der Waals surface area contributed by atoms with Gasteiger partial charge in [0.15, 0.2) is 0 Å². The largest absolute Gasteiger partial charge is 0.506 e. The average molecular weight is 273 g/mol. The molecule has 0 saturated heterocycles. The molecule has 0 amide bonds. The van der Waals surface area contributed by atoms with E-state index in [-0.39, 0.29) is 16.3 Å². The Labute approximate surface area is 108 Å². The smallest absolute Gasteiger partial charge is 0.242 e. The Morgan fingerprint density at radius 1 is 1.22 bits per heavy atom. The van der Waals surface area contributed by atoms with Crippen LogP contribution in [0.5, 0.6) is 5.75 Å². The zero-order chi connectivity index (χ0) is 13.9. The molecule has 18 heavy (non-hydrogen) atoms. The van der Waals surface area contributed by atoms with Gasteiger partial charge in [-0.1, -0.05) is 0 Å². The van der Waals surface area contributed by atoms with Gasteiger partial charge in [0.25, 0.3) is 0 Å². The lowest BCUT2D eigenvalue weighted by molar-refractivity contribution is 0.358. The third kappa shape index (κ3) is 3.34. The first-order valence-corrected chi connectivity index (χ1v) is 6.88. The summed E-state index contributed by atoms with van der Waals surface area (Å²) in [4.78, 5) is 1.98. The van der Waals surface area contributed by atoms with Crippen molar-refractivity contribution < 1.29 is 13.5 Å². The molecule has 0 bridgehead atoms. The number of rotatable bonds is 5. The monoisotopic (exact) mass is 273 g/mol. The lowest BCUT2D eigenvalue weighted by Gasteiger charge is -2.19. The summed E-state index contributed by atoms with van der Waals surface area (Å²) in [5.74, 6) is -0.120. The Bertz CT molecular complexity index is 514. The number of phenolic OH excluding ortho intramolecular Hbond substituents is 1. The summed E-state index contributed by atoms with van der Waals surface area (Å²) in [6.07, 6.45) is 0. The molecule has 0 saturated carbocycles. The lowest BCUT2D eigenvalue weighted by atomic mass is 10.3. The van der Waals surface area contributed by atoms with Crippen LogP contribution >= 0.6 is 0 Å². The number of anilines is 1. The summed E-state index contributed by atoms with van der Waals surface area (Å²) < 4.78 is 25.6. The van der Waals surface area contributed by atoms with Crippen molar-refractivity contribution >= 4 is 15.7 Å². The minimum absolute atomic E-state index is 0.0529. The van der Waals surface area contributed by atoms with Gasteiger partial charge in [0.2, 0.25) is 10.0 Å². The Hall–Kier alpha value is -1.31. The first-order valence-electron chi connectivity index (χ1n) is 5.44. The number of nitrogens with zero attached hydrogens (tertiary/aromatic N) is 2. The van der Waals surface area contributed by atoms with E-state index in [9.17, 15) is 13.5 Å². The highest BCUT2D eigenvalue weighted by molar-refractivity contribution is 7.89. The number of phenols is 1. The molecule has 0 heterocycles. The second-order valence-electron chi connectivity index (χ2n) is 4.35. The van der Waals surface area contributed by atoms with Crippen molar-refractivity contribution in [3.05, 3.63) is 18.2 Å². The molecule has 0 aromatic heterocycles. The molecule has 0 aliphatic heterocycles. The van der Waals surface area contributed by atoms with Crippen LogP contribution in [-0.4, -0.2) is 57.0 Å². The van der Waals surface area contributed by atoms with Gasteiger partial charge < -0.3 is 15.7 Å². The Morgan fingerprint density at radius 3 is 2.33 bits per heavy atom. The fourth-order valence-electron chi connectivity index (χ4n) is 1.33. The fourth-order valence-corrected chi connectivity index (χ4v) is 2.53. The normalized spacial score (nSPS) is 12.3. The van der Waals surface area contributed by atoms with E-state index in [1.54, 1.807) is 0 Å². The number of nitrogen functional groups attached to an aromatic ring is 1. The Balaban J connectivity index is 2.95. The molecule has 6 nitrogen and oxygen atoms in total. The fraction of sp³-hybridized carbons (Fsp3) is 0.455. The molecular weight excluding hydrogens is 254 g/mol. The quantitative estimate of drug-likeness (QED) is 0.589. The van der Waals surface area contributed by atoms with Crippen molar-refractivity contribution in [2.24, 2.45) is 0 Å². The predicted octanol–water partition coefficient (Wildman–Crippen LogP) is 0.156. The van der Waals surface area contributed by atoms with Crippen LogP contribution in [0.2, 0.25) is 0 Å². The Morgan fingerprint density at radius 2 is 1.83 bits per heavy atom. The first kappa shape index (κ1) is 14.7. The maximum absolute atomic E-state index is 12.2. The van der Waals surface area contributed by atoms with E-state index in [1.807, 2.05) is 19.0 Å². The molecule has 7 heteroatoms. The van der Waals surface area contributed by atoms with E-state index < -0.39 is 10.0 Å². The van der Waals surface area contributed by atoms with Gasteiger partial charge in [0, 0.05) is 20.1 Å². The summed E-state index contributed by atoms with van der Waals surface area (Å²) in [7, 11) is 1.71. The van der Waals surface area contributed by atoms with Crippen molar-refractivity contribution in [2.75, 3.05) is 40.0 Å². The van der Waals surface area contributed by atoms with Gasteiger partial charge in [-0.3, -0.25) is 0 Å². The van der Waals surface area contributed by atoms with Crippen molar-refractivity contribution in [3.8, 4) is 5.75 Å². The molecular formula is C11H19N3O3S. The molecule has 0 fully saturated rings. The molecule has 0 atom stereocenters. The number of hydrogen-bond acceptors (Lipinski definition) is 5. The molecule has 0 unspecified atom stereocenters. The van der Waals surface area contributed by atoms with E-state index in [0.29, 0.717) is 13.1 Å². The van der Waals surface area contributed by atoms with Gasteiger partial charge in [-0.15, -0.1) is 0 Å². The van der Waals surface area contributed by atoms with E-state index in [4.69, 9.17) is 5.73 Å². The molecule has 0 aliphatic rings. The molecule has 1 rings (SSSR count). The van der Waals surface area contributed by atoms with E-state index in [2.05, 4.69) is 0 Å². The van der Waals surface area contributed by atoms with Crippen LogP contribution in [0.1, 0.15) is 0 Å². The molecule has 3 N–H and O–H groups in total. The summed E-state index contributed by atoms with van der Waals surface area (Å²) in [5, 5.41) is 9.28. The average Bonchev–Trinajstić information content (AvgIpc) is 2.29. The second-order valence-corrected chi connectivity index (χ2v) is 6.40. The van der Waals surface area contributed by atoms with Crippen molar-refractivity contribution in [1.29, 1.82) is 0 Å². The number of hydrogen-bond donors (Lipinski definition) is 2. The summed E-state index contributed by atoms with van der Waals surface area (Å²) in [6, 6.07) is 3.88. The van der Waals surface area contributed by atoms with Crippen LogP contribution in [0.25, 0.3) is 0 Å². The number of sulfonamides is 1. The highest BCUT2D eigenvalue weighted by atomic mass is 32.2. The van der Waals surface area contributed by atoms with Crippen molar-refractivity contribution in [1.82, 2.24) is 9.21 Å².